The van der Waals surface area contributed by atoms with Gasteiger partial charge in [0, 0.05) is 32.7 Å². The Balaban J connectivity index is 1.60. The van der Waals surface area contributed by atoms with E-state index in [0.29, 0.717) is 12.4 Å². The number of nitrogens with one attached hydrogen (secondary N) is 1. The van der Waals surface area contributed by atoms with Crippen LogP contribution in [0, 0.1) is 0 Å². The van der Waals surface area contributed by atoms with Crippen LogP contribution in [0.15, 0.2) is 59.5 Å². The monoisotopic (exact) mass is 511 g/mol. The molecule has 1 heterocycles. The van der Waals surface area contributed by atoms with E-state index in [1.807, 2.05) is 30.3 Å². The molecule has 0 amide bonds. The lowest BCUT2D eigenvalue weighted by molar-refractivity contribution is -0.147. The van der Waals surface area contributed by atoms with E-state index in [4.69, 9.17) is 9.47 Å². The lowest BCUT2D eigenvalue weighted by Crippen LogP contribution is -2.56. The number of hydrogen-bond donors (Lipinski definition) is 1. The van der Waals surface area contributed by atoms with Gasteiger partial charge in [0.15, 0.2) is 0 Å². The fraction of sp³-hybridized carbons (Fsp3) is 0.409. The van der Waals surface area contributed by atoms with Crippen molar-refractivity contribution in [3.8, 4) is 5.75 Å². The maximum atomic E-state index is 12.8. The first-order valence-corrected chi connectivity index (χ1v) is 14.0. The Morgan fingerprint density at radius 2 is 1.59 bits per heavy atom. The van der Waals surface area contributed by atoms with Gasteiger partial charge in [-0.25, -0.2) is 21.6 Å². The third-order valence-corrected chi connectivity index (χ3v) is 8.25. The highest BCUT2D eigenvalue weighted by molar-refractivity contribution is 7.89. The van der Waals surface area contributed by atoms with Crippen LogP contribution in [-0.4, -0.2) is 84.1 Å². The van der Waals surface area contributed by atoms with Crippen molar-refractivity contribution in [1.82, 2.24) is 13.9 Å². The van der Waals surface area contributed by atoms with Crippen LogP contribution in [-0.2, 0) is 36.2 Å². The van der Waals surface area contributed by atoms with E-state index < -0.39 is 32.1 Å². The minimum Gasteiger partial charge on any atom is -0.489 e. The van der Waals surface area contributed by atoms with Crippen molar-refractivity contribution in [3.63, 3.8) is 0 Å². The molecule has 2 aromatic rings. The zero-order chi connectivity index (χ0) is 24.8. The predicted octanol–water partition coefficient (Wildman–Crippen LogP) is 0.663. The number of carbonyl (C=O) groups is 1. The van der Waals surface area contributed by atoms with E-state index >= 15 is 0 Å². The number of benzene rings is 2. The van der Waals surface area contributed by atoms with E-state index in [2.05, 4.69) is 4.72 Å². The zero-order valence-corrected chi connectivity index (χ0v) is 20.7. The molecule has 0 aromatic heterocycles. The molecule has 0 aliphatic carbocycles. The summed E-state index contributed by atoms with van der Waals surface area (Å²) in [5.41, 5.74) is 0.993. The van der Waals surface area contributed by atoms with Crippen LogP contribution in [0.25, 0.3) is 0 Å². The predicted molar refractivity (Wildman–Crippen MR) is 126 cm³/mol. The minimum atomic E-state index is -3.90. The van der Waals surface area contributed by atoms with Gasteiger partial charge >= 0.3 is 5.97 Å². The van der Waals surface area contributed by atoms with Crippen molar-refractivity contribution in [2.75, 3.05) is 46.1 Å². The van der Waals surface area contributed by atoms with Crippen molar-refractivity contribution >= 4 is 26.0 Å². The van der Waals surface area contributed by atoms with E-state index in [9.17, 15) is 21.6 Å². The summed E-state index contributed by atoms with van der Waals surface area (Å²) in [4.78, 5) is 14.1. The van der Waals surface area contributed by atoms with Crippen LogP contribution >= 0.6 is 0 Å². The van der Waals surface area contributed by atoms with E-state index in [1.165, 1.54) is 23.5 Å². The summed E-state index contributed by atoms with van der Waals surface area (Å²) >= 11 is 0. The molecular formula is C22H29N3O7S2. The van der Waals surface area contributed by atoms with Crippen LogP contribution in [0.3, 0.4) is 0 Å². The highest BCUT2D eigenvalue weighted by Gasteiger charge is 2.33. The molecule has 1 aliphatic heterocycles. The molecular weight excluding hydrogens is 482 g/mol. The lowest BCUT2D eigenvalue weighted by Gasteiger charge is -2.36. The smallest absolute Gasteiger partial charge is 0.324 e. The molecule has 0 radical (unpaired) electrons. The van der Waals surface area contributed by atoms with Crippen LogP contribution in [0.4, 0.5) is 0 Å². The summed E-state index contributed by atoms with van der Waals surface area (Å²) in [6, 6.07) is 14.7. The second-order valence-electron chi connectivity index (χ2n) is 7.83. The largest absolute Gasteiger partial charge is 0.489 e. The molecule has 1 aliphatic rings. The Bertz CT molecular complexity index is 1160. The van der Waals surface area contributed by atoms with Gasteiger partial charge < -0.3 is 9.47 Å². The highest BCUT2D eigenvalue weighted by Crippen LogP contribution is 2.18. The number of hydrogen-bond acceptors (Lipinski definition) is 8. The van der Waals surface area contributed by atoms with E-state index in [0.717, 1.165) is 11.8 Å². The van der Waals surface area contributed by atoms with Crippen molar-refractivity contribution in [3.05, 3.63) is 60.2 Å². The van der Waals surface area contributed by atoms with Crippen molar-refractivity contribution in [1.29, 1.82) is 0 Å². The van der Waals surface area contributed by atoms with Gasteiger partial charge in [0.25, 0.3) is 0 Å². The topological polar surface area (TPSA) is 122 Å². The number of piperazine rings is 1. The number of methoxy groups -OCH3 is 1. The van der Waals surface area contributed by atoms with Gasteiger partial charge in [-0.3, -0.25) is 9.69 Å². The third kappa shape index (κ3) is 7.00. The second kappa shape index (κ2) is 11.3. The Kier molecular flexibility index (Phi) is 8.66. The molecule has 0 spiro atoms. The van der Waals surface area contributed by atoms with Gasteiger partial charge in [0.1, 0.15) is 18.4 Å². The van der Waals surface area contributed by atoms with Crippen LogP contribution in [0.1, 0.15) is 5.56 Å². The van der Waals surface area contributed by atoms with Gasteiger partial charge in [-0.2, -0.15) is 4.31 Å². The number of nitrogens with zero attached hydrogens (tertiary/aromatic N) is 2. The molecule has 10 nitrogen and oxygen atoms in total. The average Bonchev–Trinajstić information content (AvgIpc) is 2.83. The maximum absolute atomic E-state index is 12.8. The molecule has 1 fully saturated rings. The Hall–Kier alpha value is -2.51. The average molecular weight is 512 g/mol. The molecule has 0 saturated carbocycles. The molecule has 1 atom stereocenters. The van der Waals surface area contributed by atoms with Crippen LogP contribution < -0.4 is 9.46 Å². The molecule has 2 aromatic carbocycles. The summed E-state index contributed by atoms with van der Waals surface area (Å²) in [7, 11) is -6.00. The standard InChI is InChI=1S/C22H29N3O7S2/c1-31-22(26)21(24-12-14-25(15-13-24)33(2,27)28)16-23-34(29,30)20-10-8-19(9-11-20)32-17-18-6-4-3-5-7-18/h3-11,21,23H,12-17H2,1-2H3. The lowest BCUT2D eigenvalue weighted by atomic mass is 10.2. The van der Waals surface area contributed by atoms with Crippen LogP contribution in [0.2, 0.25) is 0 Å². The Morgan fingerprint density at radius 3 is 2.15 bits per heavy atom. The quantitative estimate of drug-likeness (QED) is 0.462. The van der Waals surface area contributed by atoms with E-state index in [-0.39, 0.29) is 37.6 Å². The van der Waals surface area contributed by atoms with Crippen molar-refractivity contribution < 1.29 is 31.1 Å². The van der Waals surface area contributed by atoms with Gasteiger partial charge in [-0.05, 0) is 29.8 Å². The van der Waals surface area contributed by atoms with Crippen molar-refractivity contribution in [2.24, 2.45) is 0 Å². The first-order chi connectivity index (χ1) is 16.1. The molecule has 1 unspecified atom stereocenters. The molecule has 186 valence electrons. The van der Waals surface area contributed by atoms with Gasteiger partial charge in [0.05, 0.1) is 18.3 Å². The number of sulfonamides is 2. The maximum Gasteiger partial charge on any atom is 0.324 e. The zero-order valence-electron chi connectivity index (χ0n) is 19.1. The summed E-state index contributed by atoms with van der Waals surface area (Å²) in [5, 5.41) is 0. The van der Waals surface area contributed by atoms with Crippen molar-refractivity contribution in [2.45, 2.75) is 17.5 Å². The number of rotatable bonds is 10. The summed E-state index contributed by atoms with van der Waals surface area (Å²) in [5.74, 6) is -0.0702. The second-order valence-corrected chi connectivity index (χ2v) is 11.6. The number of carbonyl (C=O) groups excluding carboxylic acids is 1. The fourth-order valence-electron chi connectivity index (χ4n) is 3.57. The molecule has 0 bridgehead atoms. The Morgan fingerprint density at radius 1 is 0.971 bits per heavy atom. The first kappa shape index (κ1) is 26.1. The van der Waals surface area contributed by atoms with Crippen LogP contribution in [0.5, 0.6) is 5.75 Å². The third-order valence-electron chi connectivity index (χ3n) is 5.51. The molecule has 3 rings (SSSR count). The summed E-state index contributed by atoms with van der Waals surface area (Å²) < 4.78 is 63.3. The summed E-state index contributed by atoms with van der Waals surface area (Å²) in [6.45, 7) is 1.13. The number of esters is 1. The van der Waals surface area contributed by atoms with Gasteiger partial charge in [-0.1, -0.05) is 30.3 Å². The summed E-state index contributed by atoms with van der Waals surface area (Å²) in [6.07, 6.45) is 1.13. The highest BCUT2D eigenvalue weighted by atomic mass is 32.2. The molecule has 1 N–H and O–H groups in total. The minimum absolute atomic E-state index is 0.0325. The number of ether oxygens (including phenoxy) is 2. The molecule has 1 saturated heterocycles. The SMILES string of the molecule is COC(=O)C(CNS(=O)(=O)c1ccc(OCc2ccccc2)cc1)N1CCN(S(C)(=O)=O)CC1. The normalized spacial score (nSPS) is 16.6. The van der Waals surface area contributed by atoms with Gasteiger partial charge in [0.2, 0.25) is 20.0 Å². The molecule has 12 heteroatoms. The first-order valence-electron chi connectivity index (χ1n) is 10.6. The Labute approximate surface area is 200 Å². The fourth-order valence-corrected chi connectivity index (χ4v) is 5.44. The molecule has 34 heavy (non-hydrogen) atoms. The van der Waals surface area contributed by atoms with Gasteiger partial charge in [-0.15, -0.1) is 0 Å². The van der Waals surface area contributed by atoms with E-state index in [1.54, 1.807) is 17.0 Å².